The van der Waals surface area contributed by atoms with E-state index in [1.807, 2.05) is 11.8 Å². The number of nitrogens with zero attached hydrogens (tertiary/aromatic N) is 2. The Morgan fingerprint density at radius 1 is 1.32 bits per heavy atom. The highest BCUT2D eigenvalue weighted by Crippen LogP contribution is 2.33. The van der Waals surface area contributed by atoms with Crippen molar-refractivity contribution < 1.29 is 0 Å². The van der Waals surface area contributed by atoms with E-state index in [4.69, 9.17) is 5.84 Å². The predicted molar refractivity (Wildman–Crippen MR) is 82.5 cm³/mol. The first-order valence-corrected chi connectivity index (χ1v) is 8.05. The van der Waals surface area contributed by atoms with Gasteiger partial charge in [-0.1, -0.05) is 13.8 Å². The highest BCUT2D eigenvalue weighted by molar-refractivity contribution is 7.99. The molecule has 1 aliphatic rings. The van der Waals surface area contributed by atoms with Crippen LogP contribution in [0.25, 0.3) is 0 Å². The summed E-state index contributed by atoms with van der Waals surface area (Å²) in [6.45, 7) is 4.26. The van der Waals surface area contributed by atoms with Gasteiger partial charge < -0.3 is 10.7 Å². The number of anilines is 2. The number of thioether (sulfide) groups is 1. The normalized spacial score (nSPS) is 22.8. The fourth-order valence-electron chi connectivity index (χ4n) is 2.65. The van der Waals surface area contributed by atoms with Crippen molar-refractivity contribution in [1.29, 1.82) is 0 Å². The highest BCUT2D eigenvalue weighted by atomic mass is 32.2. The molecule has 4 N–H and O–H groups in total. The van der Waals surface area contributed by atoms with E-state index in [9.17, 15) is 0 Å². The summed E-state index contributed by atoms with van der Waals surface area (Å²) in [6, 6.07) is 0.510. The summed E-state index contributed by atoms with van der Waals surface area (Å²) in [5, 5.41) is 4.34. The van der Waals surface area contributed by atoms with Crippen LogP contribution in [0.1, 0.15) is 44.6 Å². The monoisotopic (exact) mass is 281 g/mol. The zero-order chi connectivity index (χ0) is 13.8. The molecule has 1 heterocycles. The molecule has 0 aromatic carbocycles. The molecule has 1 saturated carbocycles. The second kappa shape index (κ2) is 6.43. The minimum atomic E-state index is 0.326. The fourth-order valence-corrected chi connectivity index (χ4v) is 3.45. The summed E-state index contributed by atoms with van der Waals surface area (Å²) in [7, 11) is 0. The molecule has 0 bridgehead atoms. The Kier molecular flexibility index (Phi) is 4.87. The lowest BCUT2D eigenvalue weighted by Gasteiger charge is -2.19. The molecule has 0 amide bonds. The number of hydrazine groups is 1. The number of hydrogen-bond donors (Lipinski definition) is 3. The number of nitrogens with one attached hydrogen (secondary N) is 2. The van der Waals surface area contributed by atoms with Crippen molar-refractivity contribution in [2.75, 3.05) is 17.0 Å². The average Bonchev–Trinajstić information content (AvgIpc) is 2.85. The minimum absolute atomic E-state index is 0.326. The molecular formula is C13H23N5S. The minimum Gasteiger partial charge on any atom is -0.367 e. The smallest absolute Gasteiger partial charge is 0.148 e. The number of nitrogens with two attached hydrogens (primary N) is 1. The lowest BCUT2D eigenvalue weighted by Crippen LogP contribution is -2.20. The zero-order valence-electron chi connectivity index (χ0n) is 11.8. The Hall–Kier alpha value is -1.01. The molecular weight excluding hydrogens is 258 g/mol. The largest absolute Gasteiger partial charge is 0.367 e. The third kappa shape index (κ3) is 3.30. The van der Waals surface area contributed by atoms with Crippen LogP contribution in [0, 0.1) is 0 Å². The topological polar surface area (TPSA) is 75.9 Å². The molecule has 1 aliphatic carbocycles. The van der Waals surface area contributed by atoms with E-state index >= 15 is 0 Å². The van der Waals surface area contributed by atoms with Crippen molar-refractivity contribution in [1.82, 2.24) is 9.97 Å². The molecule has 0 radical (unpaired) electrons. The van der Waals surface area contributed by atoms with Crippen LogP contribution in [0.15, 0.2) is 6.33 Å². The summed E-state index contributed by atoms with van der Waals surface area (Å²) in [5.74, 6) is 7.50. The molecule has 2 unspecified atom stereocenters. The first-order chi connectivity index (χ1) is 9.15. The molecule has 1 aromatic heterocycles. The van der Waals surface area contributed by atoms with Crippen LogP contribution in [-0.2, 0) is 0 Å². The van der Waals surface area contributed by atoms with Crippen molar-refractivity contribution in [2.24, 2.45) is 5.84 Å². The third-order valence-electron chi connectivity index (χ3n) is 3.66. The van der Waals surface area contributed by atoms with Gasteiger partial charge in [0, 0.05) is 16.9 Å². The molecule has 106 valence electrons. The van der Waals surface area contributed by atoms with Gasteiger partial charge in [0.25, 0.3) is 0 Å². The maximum atomic E-state index is 5.54. The Morgan fingerprint density at radius 2 is 2.05 bits per heavy atom. The van der Waals surface area contributed by atoms with Crippen molar-refractivity contribution in [3.05, 3.63) is 11.9 Å². The van der Waals surface area contributed by atoms with Gasteiger partial charge in [0.2, 0.25) is 0 Å². The van der Waals surface area contributed by atoms with Crippen LogP contribution in [0.3, 0.4) is 0 Å². The van der Waals surface area contributed by atoms with E-state index in [0.717, 1.165) is 16.6 Å². The van der Waals surface area contributed by atoms with Gasteiger partial charge in [-0.05, 0) is 31.4 Å². The first kappa shape index (κ1) is 14.4. The summed E-state index contributed by atoms with van der Waals surface area (Å²) >= 11 is 1.96. The fraction of sp³-hybridized carbons (Fsp3) is 0.692. The van der Waals surface area contributed by atoms with Gasteiger partial charge in [-0.25, -0.2) is 15.8 Å². The Bertz CT molecular complexity index is 423. The van der Waals surface area contributed by atoms with E-state index in [1.54, 1.807) is 6.33 Å². The first-order valence-electron chi connectivity index (χ1n) is 6.76. The molecule has 0 spiro atoms. The summed E-state index contributed by atoms with van der Waals surface area (Å²) in [4.78, 5) is 8.59. The van der Waals surface area contributed by atoms with Gasteiger partial charge >= 0.3 is 0 Å². The predicted octanol–water partition coefficient (Wildman–Crippen LogP) is 2.58. The Balaban J connectivity index is 2.16. The van der Waals surface area contributed by atoms with Crippen LogP contribution in [-0.4, -0.2) is 27.5 Å². The molecule has 0 aliphatic heterocycles. The zero-order valence-corrected chi connectivity index (χ0v) is 12.6. The summed E-state index contributed by atoms with van der Waals surface area (Å²) in [5.41, 5.74) is 3.73. The number of hydrogen-bond acceptors (Lipinski definition) is 6. The lowest BCUT2D eigenvalue weighted by molar-refractivity contribution is 0.742. The standard InChI is InChI=1S/C13H23N5S/c1-8(2)11-12(15-7-16-13(11)18-14)17-9-4-5-10(6-9)19-3/h7-10H,4-6,14H2,1-3H3,(H2,15,16,17,18). The summed E-state index contributed by atoms with van der Waals surface area (Å²) in [6.07, 6.45) is 7.44. The number of nitrogen functional groups attached to an aromatic ring is 1. The van der Waals surface area contributed by atoms with Crippen LogP contribution >= 0.6 is 11.8 Å². The molecule has 19 heavy (non-hydrogen) atoms. The second-order valence-corrected chi connectivity index (χ2v) is 6.43. The van der Waals surface area contributed by atoms with Crippen molar-refractivity contribution in [3.63, 3.8) is 0 Å². The SMILES string of the molecule is CSC1CCC(Nc2ncnc(NN)c2C(C)C)C1. The number of rotatable bonds is 5. The molecule has 5 nitrogen and oxygen atoms in total. The van der Waals surface area contributed by atoms with Gasteiger partial charge in [-0.3, -0.25) is 0 Å². The molecule has 1 aromatic rings. The van der Waals surface area contributed by atoms with Gasteiger partial charge in [0.15, 0.2) is 0 Å². The summed E-state index contributed by atoms with van der Waals surface area (Å²) < 4.78 is 0. The molecule has 2 rings (SSSR count). The Morgan fingerprint density at radius 3 is 2.63 bits per heavy atom. The van der Waals surface area contributed by atoms with Gasteiger partial charge in [0.1, 0.15) is 18.0 Å². The Labute approximate surface area is 119 Å². The molecule has 2 atom stereocenters. The van der Waals surface area contributed by atoms with E-state index < -0.39 is 0 Å². The van der Waals surface area contributed by atoms with Crippen LogP contribution in [0.2, 0.25) is 0 Å². The second-order valence-electron chi connectivity index (χ2n) is 5.30. The van der Waals surface area contributed by atoms with E-state index in [2.05, 4.69) is 40.8 Å². The van der Waals surface area contributed by atoms with Crippen molar-refractivity contribution in [3.8, 4) is 0 Å². The maximum absolute atomic E-state index is 5.54. The van der Waals surface area contributed by atoms with E-state index in [-0.39, 0.29) is 0 Å². The molecule has 6 heteroatoms. The highest BCUT2D eigenvalue weighted by Gasteiger charge is 2.25. The van der Waals surface area contributed by atoms with Crippen LogP contribution in [0.5, 0.6) is 0 Å². The quantitative estimate of drug-likeness (QED) is 0.569. The van der Waals surface area contributed by atoms with Crippen molar-refractivity contribution >= 4 is 23.4 Å². The van der Waals surface area contributed by atoms with E-state index in [1.165, 1.54) is 19.3 Å². The lowest BCUT2D eigenvalue weighted by atomic mass is 10.0. The van der Waals surface area contributed by atoms with Gasteiger partial charge in [0.05, 0.1) is 0 Å². The third-order valence-corrected chi connectivity index (χ3v) is 4.75. The maximum Gasteiger partial charge on any atom is 0.148 e. The van der Waals surface area contributed by atoms with Gasteiger partial charge in [-0.15, -0.1) is 0 Å². The van der Waals surface area contributed by atoms with Crippen LogP contribution < -0.4 is 16.6 Å². The van der Waals surface area contributed by atoms with Crippen LogP contribution in [0.4, 0.5) is 11.6 Å². The molecule has 0 saturated heterocycles. The van der Waals surface area contributed by atoms with Crippen molar-refractivity contribution in [2.45, 2.75) is 50.3 Å². The van der Waals surface area contributed by atoms with E-state index in [0.29, 0.717) is 17.8 Å². The average molecular weight is 281 g/mol. The molecule has 1 fully saturated rings. The van der Waals surface area contributed by atoms with Gasteiger partial charge in [-0.2, -0.15) is 11.8 Å². The number of aromatic nitrogens is 2.